The van der Waals surface area contributed by atoms with Crippen molar-refractivity contribution in [3.05, 3.63) is 72.3 Å². The third kappa shape index (κ3) is 2.75. The van der Waals surface area contributed by atoms with E-state index < -0.39 is 0 Å². The summed E-state index contributed by atoms with van der Waals surface area (Å²) in [5, 5.41) is 3.47. The van der Waals surface area contributed by atoms with Gasteiger partial charge in [0.25, 0.3) is 0 Å². The number of nitrogen functional groups attached to an aromatic ring is 1. The van der Waals surface area contributed by atoms with Crippen molar-refractivity contribution in [3.63, 3.8) is 0 Å². The third-order valence-corrected chi connectivity index (χ3v) is 4.56. The molecule has 0 saturated heterocycles. The number of nitrogens with zero attached hydrogens (tertiary/aromatic N) is 4. The minimum absolute atomic E-state index is 0.0138. The number of rotatable bonds is 4. The molecule has 0 saturated carbocycles. The highest BCUT2D eigenvalue weighted by Gasteiger charge is 2.19. The van der Waals surface area contributed by atoms with Gasteiger partial charge in [-0.05, 0) is 44.2 Å². The Bertz CT molecular complexity index is 1050. The molecule has 1 unspecified atom stereocenters. The molecule has 6 heteroatoms. The van der Waals surface area contributed by atoms with Gasteiger partial charge in [0.1, 0.15) is 18.0 Å². The zero-order valence-electron chi connectivity index (χ0n) is 14.7. The first-order chi connectivity index (χ1) is 12.6. The second kappa shape index (κ2) is 6.48. The Morgan fingerprint density at radius 2 is 1.92 bits per heavy atom. The number of nitrogens with two attached hydrogens (primary N) is 1. The van der Waals surface area contributed by atoms with E-state index in [0.717, 1.165) is 33.8 Å². The van der Waals surface area contributed by atoms with Crippen LogP contribution in [0.15, 0.2) is 61.2 Å². The fourth-order valence-corrected chi connectivity index (χ4v) is 3.14. The summed E-state index contributed by atoms with van der Waals surface area (Å²) in [7, 11) is 0. The fourth-order valence-electron chi connectivity index (χ4n) is 3.14. The molecular formula is C20H20N6. The average molecular weight is 344 g/mol. The highest BCUT2D eigenvalue weighted by atomic mass is 15.1. The van der Waals surface area contributed by atoms with Crippen LogP contribution in [0.3, 0.4) is 0 Å². The fraction of sp³-hybridized carbons (Fsp3) is 0.150. The van der Waals surface area contributed by atoms with Gasteiger partial charge in [-0.3, -0.25) is 4.98 Å². The van der Waals surface area contributed by atoms with Crippen molar-refractivity contribution < 1.29 is 0 Å². The van der Waals surface area contributed by atoms with Gasteiger partial charge in [0.15, 0.2) is 0 Å². The first-order valence-corrected chi connectivity index (χ1v) is 8.50. The van der Waals surface area contributed by atoms with Crippen LogP contribution in [0.2, 0.25) is 0 Å². The monoisotopic (exact) mass is 344 g/mol. The molecule has 130 valence electrons. The van der Waals surface area contributed by atoms with Crippen molar-refractivity contribution in [3.8, 4) is 11.4 Å². The maximum absolute atomic E-state index is 5.91. The van der Waals surface area contributed by atoms with E-state index in [9.17, 15) is 0 Å². The Hall–Kier alpha value is -3.41. The molecule has 0 amide bonds. The lowest BCUT2D eigenvalue weighted by Gasteiger charge is -2.17. The van der Waals surface area contributed by atoms with E-state index in [2.05, 4.69) is 49.9 Å². The SMILES string of the molecule is Cc1c(N)ncnc1NC(C)c1cc2ccccn2c1-c1ccccn1. The normalized spacial score (nSPS) is 12.2. The second-order valence-corrected chi connectivity index (χ2v) is 6.26. The summed E-state index contributed by atoms with van der Waals surface area (Å²) in [4.78, 5) is 12.9. The predicted molar refractivity (Wildman–Crippen MR) is 104 cm³/mol. The average Bonchev–Trinajstić information content (AvgIpc) is 3.06. The zero-order valence-corrected chi connectivity index (χ0v) is 14.7. The van der Waals surface area contributed by atoms with Gasteiger partial charge in [-0.2, -0.15) is 0 Å². The van der Waals surface area contributed by atoms with Crippen molar-refractivity contribution in [1.29, 1.82) is 0 Å². The lowest BCUT2D eigenvalue weighted by molar-refractivity contribution is 0.869. The van der Waals surface area contributed by atoms with Gasteiger partial charge in [-0.1, -0.05) is 12.1 Å². The molecule has 0 aliphatic rings. The molecule has 3 N–H and O–H groups in total. The highest BCUT2D eigenvalue weighted by molar-refractivity contribution is 5.71. The topological polar surface area (TPSA) is 81.1 Å². The molecule has 1 atom stereocenters. The van der Waals surface area contributed by atoms with E-state index in [1.807, 2.05) is 43.5 Å². The number of hydrogen-bond acceptors (Lipinski definition) is 5. The molecule has 0 bridgehead atoms. The smallest absolute Gasteiger partial charge is 0.134 e. The molecule has 0 aliphatic carbocycles. The lowest BCUT2D eigenvalue weighted by atomic mass is 10.1. The van der Waals surface area contributed by atoms with Crippen LogP contribution in [0.4, 0.5) is 11.6 Å². The summed E-state index contributed by atoms with van der Waals surface area (Å²) in [6, 6.07) is 14.3. The van der Waals surface area contributed by atoms with E-state index in [-0.39, 0.29) is 6.04 Å². The van der Waals surface area contributed by atoms with Gasteiger partial charge in [0.2, 0.25) is 0 Å². The van der Waals surface area contributed by atoms with E-state index in [4.69, 9.17) is 5.73 Å². The molecule has 0 fully saturated rings. The van der Waals surface area contributed by atoms with E-state index in [1.54, 1.807) is 0 Å². The summed E-state index contributed by atoms with van der Waals surface area (Å²) < 4.78 is 2.16. The van der Waals surface area contributed by atoms with E-state index in [0.29, 0.717) is 5.82 Å². The molecule has 0 aromatic carbocycles. The van der Waals surface area contributed by atoms with Crippen LogP contribution in [-0.4, -0.2) is 19.4 Å². The quantitative estimate of drug-likeness (QED) is 0.587. The molecule has 4 aromatic heterocycles. The number of nitrogens with one attached hydrogen (secondary N) is 1. The Morgan fingerprint density at radius 1 is 1.08 bits per heavy atom. The minimum atomic E-state index is 0.0138. The molecular weight excluding hydrogens is 324 g/mol. The summed E-state index contributed by atoms with van der Waals surface area (Å²) >= 11 is 0. The first-order valence-electron chi connectivity index (χ1n) is 8.50. The van der Waals surface area contributed by atoms with Crippen molar-refractivity contribution in [2.45, 2.75) is 19.9 Å². The van der Waals surface area contributed by atoms with Crippen LogP contribution in [0.25, 0.3) is 16.9 Å². The number of anilines is 2. The van der Waals surface area contributed by atoms with E-state index >= 15 is 0 Å². The molecule has 26 heavy (non-hydrogen) atoms. The first kappa shape index (κ1) is 16.1. The molecule has 0 aliphatic heterocycles. The van der Waals surface area contributed by atoms with Crippen LogP contribution in [0.1, 0.15) is 24.1 Å². The van der Waals surface area contributed by atoms with Crippen LogP contribution in [0, 0.1) is 6.92 Å². The number of fused-ring (bicyclic) bond motifs is 1. The van der Waals surface area contributed by atoms with Crippen molar-refractivity contribution in [2.24, 2.45) is 0 Å². The van der Waals surface area contributed by atoms with Gasteiger partial charge in [-0.25, -0.2) is 9.97 Å². The zero-order chi connectivity index (χ0) is 18.1. The van der Waals surface area contributed by atoms with Gasteiger partial charge < -0.3 is 15.5 Å². The minimum Gasteiger partial charge on any atom is -0.383 e. The van der Waals surface area contributed by atoms with Crippen LogP contribution >= 0.6 is 0 Å². The number of pyridine rings is 2. The maximum atomic E-state index is 5.91. The van der Waals surface area contributed by atoms with Gasteiger partial charge >= 0.3 is 0 Å². The highest BCUT2D eigenvalue weighted by Crippen LogP contribution is 2.32. The maximum Gasteiger partial charge on any atom is 0.134 e. The molecule has 0 spiro atoms. The van der Waals surface area contributed by atoms with Gasteiger partial charge in [0, 0.05) is 29.0 Å². The molecule has 6 nitrogen and oxygen atoms in total. The molecule has 4 rings (SSSR count). The van der Waals surface area contributed by atoms with Crippen LogP contribution < -0.4 is 11.1 Å². The van der Waals surface area contributed by atoms with Crippen LogP contribution in [0.5, 0.6) is 0 Å². The summed E-state index contributed by atoms with van der Waals surface area (Å²) in [6.07, 6.45) is 5.35. The molecule has 4 aromatic rings. The summed E-state index contributed by atoms with van der Waals surface area (Å²) in [5.41, 5.74) is 11.0. The number of aromatic nitrogens is 4. The Balaban J connectivity index is 1.82. The van der Waals surface area contributed by atoms with Gasteiger partial charge in [0.05, 0.1) is 17.4 Å². The lowest BCUT2D eigenvalue weighted by Crippen LogP contribution is -2.11. The van der Waals surface area contributed by atoms with Gasteiger partial charge in [-0.15, -0.1) is 0 Å². The van der Waals surface area contributed by atoms with Crippen LogP contribution in [-0.2, 0) is 0 Å². The van der Waals surface area contributed by atoms with Crippen molar-refractivity contribution >= 4 is 17.2 Å². The van der Waals surface area contributed by atoms with E-state index in [1.165, 1.54) is 6.33 Å². The summed E-state index contributed by atoms with van der Waals surface area (Å²) in [6.45, 7) is 4.03. The number of hydrogen-bond donors (Lipinski definition) is 2. The molecule has 4 heterocycles. The molecule has 0 radical (unpaired) electrons. The second-order valence-electron chi connectivity index (χ2n) is 6.26. The summed E-state index contributed by atoms with van der Waals surface area (Å²) in [5.74, 6) is 1.23. The Labute approximate surface area is 151 Å². The third-order valence-electron chi connectivity index (χ3n) is 4.56. The largest absolute Gasteiger partial charge is 0.383 e. The Kier molecular flexibility index (Phi) is 4.01. The Morgan fingerprint density at radius 3 is 2.73 bits per heavy atom. The predicted octanol–water partition coefficient (Wildman–Crippen LogP) is 3.86. The standard InChI is InChI=1S/C20H20N6/c1-13-19(21)23-12-24-20(13)25-14(2)16-11-15-7-4-6-10-26(15)18(16)17-8-3-5-9-22-17/h3-12,14H,1-2H3,(H3,21,23,24,25). The van der Waals surface area contributed by atoms with Crippen molar-refractivity contribution in [2.75, 3.05) is 11.1 Å². The van der Waals surface area contributed by atoms with Crippen molar-refractivity contribution in [1.82, 2.24) is 19.4 Å².